The third-order valence-electron chi connectivity index (χ3n) is 7.17. The van der Waals surface area contributed by atoms with E-state index in [0.717, 1.165) is 50.9 Å². The fourth-order valence-electron chi connectivity index (χ4n) is 4.66. The number of nitrogens with zero attached hydrogens (tertiary/aromatic N) is 2. The molecule has 0 atom stereocenters. The van der Waals surface area contributed by atoms with Gasteiger partial charge in [-0.25, -0.2) is 0 Å². The zero-order valence-corrected chi connectivity index (χ0v) is 26.9. The Morgan fingerprint density at radius 3 is 1.63 bits per heavy atom. The molecule has 0 heterocycles. The van der Waals surface area contributed by atoms with E-state index in [-0.39, 0.29) is 17.3 Å². The molecule has 0 aromatic rings. The molecule has 0 N–H and O–H groups in total. The maximum absolute atomic E-state index is 12.9. The number of ether oxygens (including phenoxy) is 1. The number of hydrogen-bond donors (Lipinski definition) is 0. The second-order valence-corrected chi connectivity index (χ2v) is 12.3. The highest BCUT2D eigenvalue weighted by Gasteiger charge is 2.17. The van der Waals surface area contributed by atoms with Crippen LogP contribution in [0.4, 0.5) is 4.79 Å². The number of amides is 1. The van der Waals surface area contributed by atoms with Gasteiger partial charge in [0.2, 0.25) is 0 Å². The number of esters is 1. The van der Waals surface area contributed by atoms with Gasteiger partial charge < -0.3 is 14.5 Å². The van der Waals surface area contributed by atoms with E-state index in [1.807, 2.05) is 19.0 Å². The van der Waals surface area contributed by atoms with Gasteiger partial charge in [-0.1, -0.05) is 116 Å². The molecule has 0 unspecified atom stereocenters. The first kappa shape index (κ1) is 37.2. The summed E-state index contributed by atoms with van der Waals surface area (Å²) >= 11 is 1.41. The summed E-state index contributed by atoms with van der Waals surface area (Å²) in [6, 6.07) is 0. The lowest BCUT2D eigenvalue weighted by molar-refractivity contribution is -0.150. The van der Waals surface area contributed by atoms with Crippen LogP contribution in [-0.2, 0) is 9.53 Å². The second kappa shape index (κ2) is 27.8. The van der Waals surface area contributed by atoms with Gasteiger partial charge in [0, 0.05) is 31.8 Å². The highest BCUT2D eigenvalue weighted by molar-refractivity contribution is 8.13. The van der Waals surface area contributed by atoms with Crippen LogP contribution in [0, 0.1) is 0 Å². The van der Waals surface area contributed by atoms with E-state index in [2.05, 4.69) is 25.7 Å². The van der Waals surface area contributed by atoms with Crippen LogP contribution in [0.15, 0.2) is 0 Å². The summed E-state index contributed by atoms with van der Waals surface area (Å²) in [5.41, 5.74) is 0. The molecular formula is C32H64N2O3S. The molecule has 5 nitrogen and oxygen atoms in total. The summed E-state index contributed by atoms with van der Waals surface area (Å²) in [6.07, 6.45) is 22.9. The molecular weight excluding hydrogens is 492 g/mol. The molecule has 0 bridgehead atoms. The molecule has 226 valence electrons. The maximum atomic E-state index is 12.9. The fourth-order valence-corrected chi connectivity index (χ4v) is 5.65. The number of thioether (sulfide) groups is 1. The van der Waals surface area contributed by atoms with E-state index >= 15 is 0 Å². The SMILES string of the molecule is CCCCCCCCCCN(CCCC(=O)OC(CCCCCC)CCCCCC)C(=O)SCCN(C)C. The van der Waals surface area contributed by atoms with Crippen molar-refractivity contribution in [1.82, 2.24) is 9.80 Å². The average molecular weight is 557 g/mol. The van der Waals surface area contributed by atoms with Crippen molar-refractivity contribution < 1.29 is 14.3 Å². The predicted octanol–water partition coefficient (Wildman–Crippen LogP) is 9.48. The van der Waals surface area contributed by atoms with Crippen molar-refractivity contribution in [1.29, 1.82) is 0 Å². The van der Waals surface area contributed by atoms with Crippen molar-refractivity contribution in [3.8, 4) is 0 Å². The van der Waals surface area contributed by atoms with Crippen LogP contribution in [0.2, 0.25) is 0 Å². The zero-order chi connectivity index (χ0) is 28.3. The molecule has 0 radical (unpaired) electrons. The quantitative estimate of drug-likeness (QED) is 0.0745. The fraction of sp³-hybridized carbons (Fsp3) is 0.938. The molecule has 0 aromatic heterocycles. The topological polar surface area (TPSA) is 49.9 Å². The van der Waals surface area contributed by atoms with Crippen molar-refractivity contribution in [3.05, 3.63) is 0 Å². The van der Waals surface area contributed by atoms with Crippen LogP contribution in [0.25, 0.3) is 0 Å². The molecule has 0 spiro atoms. The summed E-state index contributed by atoms with van der Waals surface area (Å²) in [7, 11) is 4.08. The Labute approximate surface area is 241 Å². The summed E-state index contributed by atoms with van der Waals surface area (Å²) in [5.74, 6) is 0.722. The van der Waals surface area contributed by atoms with Gasteiger partial charge in [0.05, 0.1) is 0 Å². The smallest absolute Gasteiger partial charge is 0.306 e. The Hall–Kier alpha value is -0.750. The minimum Gasteiger partial charge on any atom is -0.462 e. The molecule has 1 amide bonds. The first-order chi connectivity index (χ1) is 18.4. The first-order valence-corrected chi connectivity index (χ1v) is 17.2. The molecule has 0 aromatic carbocycles. The van der Waals surface area contributed by atoms with Crippen LogP contribution in [0.3, 0.4) is 0 Å². The van der Waals surface area contributed by atoms with Crippen LogP contribution in [-0.4, -0.2) is 66.6 Å². The number of unbranched alkanes of at least 4 members (excludes halogenated alkanes) is 13. The van der Waals surface area contributed by atoms with Gasteiger partial charge in [0.25, 0.3) is 5.24 Å². The van der Waals surface area contributed by atoms with Crippen LogP contribution in [0.5, 0.6) is 0 Å². The molecule has 38 heavy (non-hydrogen) atoms. The van der Waals surface area contributed by atoms with E-state index in [1.54, 1.807) is 0 Å². The van der Waals surface area contributed by atoms with Crippen LogP contribution < -0.4 is 0 Å². The Bertz CT molecular complexity index is 533. The normalized spacial score (nSPS) is 11.4. The molecule has 0 rings (SSSR count). The van der Waals surface area contributed by atoms with Gasteiger partial charge in [0.15, 0.2) is 0 Å². The van der Waals surface area contributed by atoms with Crippen molar-refractivity contribution in [2.24, 2.45) is 0 Å². The molecule has 0 saturated heterocycles. The van der Waals surface area contributed by atoms with Crippen LogP contribution >= 0.6 is 11.8 Å². The number of hydrogen-bond acceptors (Lipinski definition) is 5. The molecule has 0 aliphatic rings. The number of rotatable bonds is 27. The summed E-state index contributed by atoms with van der Waals surface area (Å²) in [5, 5.41) is 0.160. The monoisotopic (exact) mass is 556 g/mol. The van der Waals surface area contributed by atoms with Crippen molar-refractivity contribution in [3.63, 3.8) is 0 Å². The number of carbonyl (C=O) groups is 2. The average Bonchev–Trinajstić information content (AvgIpc) is 2.89. The van der Waals surface area contributed by atoms with E-state index in [1.165, 1.54) is 95.2 Å². The highest BCUT2D eigenvalue weighted by atomic mass is 32.2. The zero-order valence-electron chi connectivity index (χ0n) is 26.1. The first-order valence-electron chi connectivity index (χ1n) is 16.2. The molecule has 0 fully saturated rings. The van der Waals surface area contributed by atoms with Gasteiger partial charge in [-0.3, -0.25) is 9.59 Å². The lowest BCUT2D eigenvalue weighted by Crippen LogP contribution is -2.31. The predicted molar refractivity (Wildman–Crippen MR) is 167 cm³/mol. The molecule has 0 saturated carbocycles. The Morgan fingerprint density at radius 2 is 1.11 bits per heavy atom. The Kier molecular flexibility index (Phi) is 27.3. The summed E-state index contributed by atoms with van der Waals surface area (Å²) < 4.78 is 5.94. The molecule has 6 heteroatoms. The van der Waals surface area contributed by atoms with Crippen molar-refractivity contribution >= 4 is 23.0 Å². The van der Waals surface area contributed by atoms with Crippen molar-refractivity contribution in [2.75, 3.05) is 39.5 Å². The second-order valence-electron chi connectivity index (χ2n) is 11.3. The minimum atomic E-state index is -0.0827. The van der Waals surface area contributed by atoms with Crippen molar-refractivity contribution in [2.45, 2.75) is 155 Å². The van der Waals surface area contributed by atoms with Gasteiger partial charge >= 0.3 is 5.97 Å². The lowest BCUT2D eigenvalue weighted by Gasteiger charge is -2.23. The minimum absolute atomic E-state index is 0.0628. The third-order valence-corrected chi connectivity index (χ3v) is 8.06. The third kappa shape index (κ3) is 24.3. The summed E-state index contributed by atoms with van der Waals surface area (Å²) in [4.78, 5) is 29.7. The summed E-state index contributed by atoms with van der Waals surface area (Å²) in [6.45, 7) is 9.06. The van der Waals surface area contributed by atoms with Crippen LogP contribution in [0.1, 0.15) is 149 Å². The Morgan fingerprint density at radius 1 is 0.632 bits per heavy atom. The number of carbonyl (C=O) groups excluding carboxylic acids is 2. The van der Waals surface area contributed by atoms with Gasteiger partial charge in [-0.15, -0.1) is 0 Å². The van der Waals surface area contributed by atoms with E-state index < -0.39 is 0 Å². The van der Waals surface area contributed by atoms with E-state index in [4.69, 9.17) is 4.74 Å². The molecule has 0 aliphatic carbocycles. The maximum Gasteiger partial charge on any atom is 0.306 e. The highest BCUT2D eigenvalue weighted by Crippen LogP contribution is 2.18. The Balaban J connectivity index is 4.57. The van der Waals surface area contributed by atoms with E-state index in [9.17, 15) is 9.59 Å². The standard InChI is InChI=1S/C32H64N2O3S/c1-6-9-12-15-16-17-18-21-26-34(32(36)38-29-28-33(4)5)27-22-25-31(35)37-30(23-19-13-10-7-2)24-20-14-11-8-3/h30H,6-29H2,1-5H3. The van der Waals surface area contributed by atoms with Gasteiger partial charge in [-0.2, -0.15) is 0 Å². The lowest BCUT2D eigenvalue weighted by atomic mass is 10.0. The van der Waals surface area contributed by atoms with Gasteiger partial charge in [-0.05, 0) is 52.6 Å². The largest absolute Gasteiger partial charge is 0.462 e. The van der Waals surface area contributed by atoms with Gasteiger partial charge in [0.1, 0.15) is 6.10 Å². The molecule has 0 aliphatic heterocycles. The van der Waals surface area contributed by atoms with E-state index in [0.29, 0.717) is 19.4 Å².